The summed E-state index contributed by atoms with van der Waals surface area (Å²) < 4.78 is 0. The summed E-state index contributed by atoms with van der Waals surface area (Å²) in [6.45, 7) is 7.52. The molecular formula is C9H12N2. The molecular weight excluding hydrogens is 136 g/mol. The number of hydrogen-bond acceptors (Lipinski definition) is 2. The average Bonchev–Trinajstić information content (AvgIpc) is 1.99. The van der Waals surface area contributed by atoms with E-state index in [1.807, 2.05) is 12.2 Å². The van der Waals surface area contributed by atoms with Gasteiger partial charge in [-0.3, -0.25) is 0 Å². The van der Waals surface area contributed by atoms with Crippen molar-refractivity contribution in [3.8, 4) is 0 Å². The van der Waals surface area contributed by atoms with E-state index in [0.717, 1.165) is 5.71 Å². The monoisotopic (exact) mass is 148 g/mol. The second kappa shape index (κ2) is 3.28. The van der Waals surface area contributed by atoms with Crippen LogP contribution in [0.4, 0.5) is 0 Å². The summed E-state index contributed by atoms with van der Waals surface area (Å²) in [4.78, 5) is 0. The number of hydrogen-bond donors (Lipinski definition) is 0. The van der Waals surface area contributed by atoms with Gasteiger partial charge in [0, 0.05) is 12.6 Å². The van der Waals surface area contributed by atoms with Crippen molar-refractivity contribution in [3.63, 3.8) is 0 Å². The van der Waals surface area contributed by atoms with E-state index >= 15 is 0 Å². The van der Waals surface area contributed by atoms with Crippen molar-refractivity contribution < 1.29 is 0 Å². The van der Waals surface area contributed by atoms with Crippen LogP contribution in [-0.4, -0.2) is 12.4 Å². The molecule has 0 amide bonds. The van der Waals surface area contributed by atoms with Gasteiger partial charge in [0.15, 0.2) is 0 Å². The van der Waals surface area contributed by atoms with Gasteiger partial charge >= 0.3 is 0 Å². The van der Waals surface area contributed by atoms with Gasteiger partial charge < -0.3 is 0 Å². The van der Waals surface area contributed by atoms with Crippen LogP contribution in [0.1, 0.15) is 13.8 Å². The Hall–Kier alpha value is -1.18. The molecule has 1 atom stereocenters. The summed E-state index contributed by atoms with van der Waals surface area (Å²) in [6.07, 6.45) is 6.04. The molecule has 58 valence electrons. The highest BCUT2D eigenvalue weighted by atomic mass is 15.2. The maximum absolute atomic E-state index is 3.92. The first-order chi connectivity index (χ1) is 5.25. The van der Waals surface area contributed by atoms with E-state index in [2.05, 4.69) is 36.8 Å². The van der Waals surface area contributed by atoms with Crippen LogP contribution in [-0.2, 0) is 0 Å². The summed E-state index contributed by atoms with van der Waals surface area (Å²) in [6, 6.07) is 0. The second-order valence-corrected chi connectivity index (χ2v) is 2.66. The quantitative estimate of drug-likeness (QED) is 0.402. The van der Waals surface area contributed by atoms with Gasteiger partial charge in [0.2, 0.25) is 0 Å². The Morgan fingerprint density at radius 2 is 2.27 bits per heavy atom. The molecule has 1 aliphatic carbocycles. The molecule has 0 aliphatic heterocycles. The fourth-order valence-electron chi connectivity index (χ4n) is 1.02. The summed E-state index contributed by atoms with van der Waals surface area (Å²) in [5.74, 6) is 0.380. The highest BCUT2D eigenvalue weighted by Crippen LogP contribution is 2.16. The van der Waals surface area contributed by atoms with Crippen molar-refractivity contribution in [1.29, 1.82) is 0 Å². The van der Waals surface area contributed by atoms with Gasteiger partial charge in [-0.2, -0.15) is 10.2 Å². The molecule has 1 aliphatic rings. The third-order valence-corrected chi connectivity index (χ3v) is 1.94. The van der Waals surface area contributed by atoms with Crippen molar-refractivity contribution in [2.75, 3.05) is 0 Å². The molecule has 1 rings (SSSR count). The molecule has 0 aromatic heterocycles. The molecule has 0 N–H and O–H groups in total. The molecule has 0 bridgehead atoms. The summed E-state index contributed by atoms with van der Waals surface area (Å²) in [7, 11) is 0. The molecule has 2 heteroatoms. The van der Waals surface area contributed by atoms with Gasteiger partial charge in [0.25, 0.3) is 0 Å². The standard InChI is InChI=1S/C9H12N2/c1-7-5-4-6-9(8(7)2)11-10-3/h4-6,8H,3H2,1-2H3/b11-9-. The van der Waals surface area contributed by atoms with Gasteiger partial charge in [0.05, 0.1) is 5.71 Å². The fraction of sp³-hybridized carbons (Fsp3) is 0.333. The minimum Gasteiger partial charge on any atom is -0.167 e. The smallest absolute Gasteiger partial charge is 0.0698 e. The third-order valence-electron chi connectivity index (χ3n) is 1.94. The first-order valence-corrected chi connectivity index (χ1v) is 3.64. The Morgan fingerprint density at radius 1 is 1.55 bits per heavy atom. The van der Waals surface area contributed by atoms with E-state index in [9.17, 15) is 0 Å². The molecule has 1 unspecified atom stereocenters. The predicted molar refractivity (Wildman–Crippen MR) is 49.0 cm³/mol. The minimum absolute atomic E-state index is 0.380. The number of rotatable bonds is 1. The van der Waals surface area contributed by atoms with E-state index in [1.54, 1.807) is 0 Å². The summed E-state index contributed by atoms with van der Waals surface area (Å²) in [5.41, 5.74) is 2.30. The van der Waals surface area contributed by atoms with E-state index in [1.165, 1.54) is 5.57 Å². The van der Waals surface area contributed by atoms with Crippen molar-refractivity contribution in [1.82, 2.24) is 0 Å². The van der Waals surface area contributed by atoms with Crippen molar-refractivity contribution >= 4 is 12.4 Å². The largest absolute Gasteiger partial charge is 0.167 e. The molecule has 0 heterocycles. The Bertz CT molecular complexity index is 246. The van der Waals surface area contributed by atoms with Gasteiger partial charge in [-0.05, 0) is 13.0 Å². The lowest BCUT2D eigenvalue weighted by atomic mass is 9.93. The lowest BCUT2D eigenvalue weighted by Gasteiger charge is -2.13. The average molecular weight is 148 g/mol. The molecule has 0 aromatic rings. The maximum Gasteiger partial charge on any atom is 0.0698 e. The molecule has 11 heavy (non-hydrogen) atoms. The minimum atomic E-state index is 0.380. The van der Waals surface area contributed by atoms with Crippen LogP contribution in [0.2, 0.25) is 0 Å². The summed E-state index contributed by atoms with van der Waals surface area (Å²) >= 11 is 0. The topological polar surface area (TPSA) is 24.7 Å². The predicted octanol–water partition coefficient (Wildman–Crippen LogP) is 2.20. The van der Waals surface area contributed by atoms with Crippen molar-refractivity contribution in [2.45, 2.75) is 13.8 Å². The lowest BCUT2D eigenvalue weighted by Crippen LogP contribution is -2.11. The number of nitrogens with zero attached hydrogens (tertiary/aromatic N) is 2. The SMILES string of the molecule is C=N/N=C1/C=CC=C(C)C1C. The summed E-state index contributed by atoms with van der Waals surface area (Å²) in [5, 5.41) is 7.42. The lowest BCUT2D eigenvalue weighted by molar-refractivity contribution is 0.902. The first kappa shape index (κ1) is 7.92. The van der Waals surface area contributed by atoms with Crippen LogP contribution in [0.5, 0.6) is 0 Å². The molecule has 0 radical (unpaired) electrons. The molecule has 0 aromatic carbocycles. The van der Waals surface area contributed by atoms with E-state index in [-0.39, 0.29) is 0 Å². The van der Waals surface area contributed by atoms with Gasteiger partial charge in [-0.15, -0.1) is 0 Å². The molecule has 0 fully saturated rings. The van der Waals surface area contributed by atoms with Crippen molar-refractivity contribution in [3.05, 3.63) is 23.8 Å². The van der Waals surface area contributed by atoms with Crippen LogP contribution < -0.4 is 0 Å². The molecule has 0 spiro atoms. The van der Waals surface area contributed by atoms with Crippen LogP contribution >= 0.6 is 0 Å². The second-order valence-electron chi connectivity index (χ2n) is 2.66. The molecule has 2 nitrogen and oxygen atoms in total. The Balaban J connectivity index is 2.89. The van der Waals surface area contributed by atoms with Gasteiger partial charge in [-0.25, -0.2) is 0 Å². The van der Waals surface area contributed by atoms with Gasteiger partial charge in [-0.1, -0.05) is 24.6 Å². The van der Waals surface area contributed by atoms with Crippen LogP contribution in [0.25, 0.3) is 0 Å². The highest BCUT2D eigenvalue weighted by Gasteiger charge is 2.11. The zero-order valence-corrected chi connectivity index (χ0v) is 6.91. The molecule has 0 saturated carbocycles. The third kappa shape index (κ3) is 1.64. The number of allylic oxidation sites excluding steroid dienone is 4. The van der Waals surface area contributed by atoms with Crippen LogP contribution in [0, 0.1) is 5.92 Å². The van der Waals surface area contributed by atoms with E-state index in [0.29, 0.717) is 5.92 Å². The van der Waals surface area contributed by atoms with Crippen LogP contribution in [0.15, 0.2) is 34.0 Å². The van der Waals surface area contributed by atoms with Crippen LogP contribution in [0.3, 0.4) is 0 Å². The Labute approximate surface area is 67.0 Å². The van der Waals surface area contributed by atoms with E-state index < -0.39 is 0 Å². The first-order valence-electron chi connectivity index (χ1n) is 3.64. The zero-order valence-electron chi connectivity index (χ0n) is 6.91. The fourth-order valence-corrected chi connectivity index (χ4v) is 1.02. The normalized spacial score (nSPS) is 26.9. The maximum atomic E-state index is 3.92. The highest BCUT2D eigenvalue weighted by molar-refractivity contribution is 5.99. The molecule has 0 saturated heterocycles. The Kier molecular flexibility index (Phi) is 2.36. The van der Waals surface area contributed by atoms with Gasteiger partial charge in [0.1, 0.15) is 0 Å². The van der Waals surface area contributed by atoms with E-state index in [4.69, 9.17) is 0 Å². The zero-order chi connectivity index (χ0) is 8.27. The Morgan fingerprint density at radius 3 is 2.91 bits per heavy atom. The van der Waals surface area contributed by atoms with Crippen molar-refractivity contribution in [2.24, 2.45) is 16.1 Å².